The van der Waals surface area contributed by atoms with Gasteiger partial charge in [-0.1, -0.05) is 168 Å². The molecule has 2 fully saturated rings. The molecule has 91 heavy (non-hydrogen) atoms. The minimum Gasteiger partial charge on any atom is -0.410 e. The van der Waals surface area contributed by atoms with E-state index in [9.17, 15) is 34.8 Å². The van der Waals surface area contributed by atoms with Gasteiger partial charge in [-0.05, 0) is 142 Å². The van der Waals surface area contributed by atoms with Crippen LogP contribution >= 0.6 is 23.4 Å². The number of amides is 1. The number of thioether (sulfide) groups is 1. The van der Waals surface area contributed by atoms with Crippen LogP contribution in [0.3, 0.4) is 0 Å². The van der Waals surface area contributed by atoms with Gasteiger partial charge in [-0.3, -0.25) is 9.69 Å². The summed E-state index contributed by atoms with van der Waals surface area (Å²) in [4.78, 5) is 19.4. The van der Waals surface area contributed by atoms with Crippen LogP contribution in [0, 0.1) is 5.92 Å². The summed E-state index contributed by atoms with van der Waals surface area (Å²) in [5.74, 6) is -0.514. The van der Waals surface area contributed by atoms with Gasteiger partial charge in [0, 0.05) is 91.9 Å². The van der Waals surface area contributed by atoms with Crippen molar-refractivity contribution in [3.8, 4) is 11.1 Å². The van der Waals surface area contributed by atoms with Gasteiger partial charge < -0.3 is 24.0 Å². The largest absolute Gasteiger partial charge is 0.501 e. The van der Waals surface area contributed by atoms with Crippen molar-refractivity contribution in [3.05, 3.63) is 198 Å². The second kappa shape index (κ2) is 29.2. The molecular weight excluding hydrogens is 1270 g/mol. The van der Waals surface area contributed by atoms with Crippen LogP contribution in [0.2, 0.25) is 28.2 Å². The zero-order chi connectivity index (χ0) is 65.4. The van der Waals surface area contributed by atoms with Gasteiger partial charge in [0.05, 0.1) is 16.7 Å². The van der Waals surface area contributed by atoms with Crippen LogP contribution in [-0.2, 0) is 28.7 Å². The van der Waals surface area contributed by atoms with E-state index in [1.165, 1.54) is 34.3 Å². The third kappa shape index (κ3) is 16.8. The summed E-state index contributed by atoms with van der Waals surface area (Å²) in [6.45, 7) is 24.2. The lowest BCUT2D eigenvalue weighted by Gasteiger charge is -2.44. The number of piperazine rings is 1. The first-order valence-corrected chi connectivity index (χ1v) is 40.3. The van der Waals surface area contributed by atoms with Crippen molar-refractivity contribution in [3.63, 3.8) is 0 Å². The van der Waals surface area contributed by atoms with E-state index in [1.807, 2.05) is 77.5 Å². The number of anilines is 2. The average Bonchev–Trinajstić information content (AvgIpc) is 0.805. The predicted molar refractivity (Wildman–Crippen MR) is 369 cm³/mol. The molecule has 0 spiro atoms. The van der Waals surface area contributed by atoms with Gasteiger partial charge in [0.2, 0.25) is 0 Å². The van der Waals surface area contributed by atoms with Gasteiger partial charge in [-0.25, -0.2) is 21.6 Å². The summed E-state index contributed by atoms with van der Waals surface area (Å²) >= 11 is 7.76. The molecule has 0 bridgehead atoms. The molecule has 486 valence electrons. The number of sulfonamides is 1. The van der Waals surface area contributed by atoms with Crippen LogP contribution in [0.15, 0.2) is 197 Å². The minimum atomic E-state index is -6.13. The van der Waals surface area contributed by atoms with E-state index in [0.717, 1.165) is 85.0 Å². The zero-order valence-electron chi connectivity index (χ0n) is 53.2. The average molecular weight is 1350 g/mol. The Bertz CT molecular complexity index is 3740. The molecule has 0 saturated carbocycles. The van der Waals surface area contributed by atoms with Crippen molar-refractivity contribution in [1.82, 2.24) is 14.5 Å². The molecule has 2 aliphatic heterocycles. The predicted octanol–water partition coefficient (Wildman–Crippen LogP) is 14.6. The molecule has 2 N–H and O–H groups in total. The number of sulfone groups is 1. The lowest BCUT2D eigenvalue weighted by molar-refractivity contribution is -0.0436. The SMILES string of the molecule is CC(C)(C)[Si](C)(C)OC(c1ccccc1-c1ccc(Cl)cc1)C1CCN(c2ccc(C(=O)NS(=O)(=O)c3ccc(NC(CCN4CCN(CCO[Si](c5ccccc5)(c5ccccc5)C(C)(C)C)CC4)CSc4ccccc4)c(S(=O)(=O)C(F)(F)F)c3)cc2)CC1. The Hall–Kier alpha value is -5.79. The molecule has 12 nitrogen and oxygen atoms in total. The topological polar surface area (TPSA) is 138 Å². The van der Waals surface area contributed by atoms with Crippen LogP contribution in [0.25, 0.3) is 11.1 Å². The lowest BCUT2D eigenvalue weighted by Crippen LogP contribution is -2.67. The number of benzene rings is 7. The maximum absolute atomic E-state index is 14.6. The standard InChI is InChI=1S/C70H85ClF3N5O7S3Si2/c1-68(2,3)90(7,8)86-66(63-27-19-18-26-62(63)52-28-32-55(71)33-29-52)53-38-42-79(43-39-53)57-34-30-54(31-35-57)67(80)76-89(83,84)59-36-37-64(65(50-59)88(81,82)70(72,73)74)75-56(51-87-58-20-12-9-13-21-58)40-41-77-44-46-78(47-45-77)48-49-85-91(69(4,5)6,60-22-14-10-15-23-60)61-24-16-11-17-25-61/h9-37,50,53,56,66,75H,38-49,51H2,1-8H3,(H,76,80). The van der Waals surface area contributed by atoms with Gasteiger partial charge in [-0.2, -0.15) is 13.2 Å². The Morgan fingerprint density at radius 2 is 1.22 bits per heavy atom. The number of halogens is 4. The summed E-state index contributed by atoms with van der Waals surface area (Å²) in [5, 5.41) is 6.00. The van der Waals surface area contributed by atoms with E-state index in [4.69, 9.17) is 20.5 Å². The summed E-state index contributed by atoms with van der Waals surface area (Å²) < 4.78 is 115. The van der Waals surface area contributed by atoms with Crippen molar-refractivity contribution in [2.45, 2.75) is 116 Å². The number of rotatable bonds is 24. The molecule has 2 heterocycles. The second-order valence-electron chi connectivity index (χ2n) is 26.3. The molecule has 2 aliphatic rings. The molecule has 0 aromatic heterocycles. The second-order valence-corrected chi connectivity index (χ2v) is 40.4. The van der Waals surface area contributed by atoms with Crippen molar-refractivity contribution < 1.29 is 43.7 Å². The molecule has 21 heteroatoms. The molecule has 2 saturated heterocycles. The number of carbonyl (C=O) groups excluding carboxylic acids is 1. The third-order valence-electron chi connectivity index (χ3n) is 18.2. The first-order chi connectivity index (χ1) is 43.1. The number of piperidine rings is 1. The first-order valence-electron chi connectivity index (χ1n) is 31.1. The van der Waals surface area contributed by atoms with Gasteiger partial charge >= 0.3 is 5.51 Å². The molecule has 7 aromatic carbocycles. The van der Waals surface area contributed by atoms with E-state index in [-0.39, 0.29) is 27.7 Å². The number of nitrogens with zero attached hydrogens (tertiary/aromatic N) is 3. The fourth-order valence-corrected chi connectivity index (χ4v) is 21.0. The molecule has 7 aromatic rings. The van der Waals surface area contributed by atoms with Gasteiger partial charge in [0.25, 0.3) is 34.1 Å². The Morgan fingerprint density at radius 3 is 1.78 bits per heavy atom. The van der Waals surface area contributed by atoms with E-state index >= 15 is 0 Å². The van der Waals surface area contributed by atoms with Crippen LogP contribution in [0.1, 0.15) is 82.8 Å². The van der Waals surface area contributed by atoms with Crippen LogP contribution < -0.4 is 25.3 Å². The van der Waals surface area contributed by atoms with E-state index in [1.54, 1.807) is 12.1 Å². The fourth-order valence-electron chi connectivity index (χ4n) is 12.0. The molecule has 9 rings (SSSR count). The molecular formula is C70H85ClF3N5O7S3Si2. The summed E-state index contributed by atoms with van der Waals surface area (Å²) in [7, 11) is -16.0. The first kappa shape index (κ1) is 69.6. The van der Waals surface area contributed by atoms with Crippen molar-refractivity contribution in [1.29, 1.82) is 0 Å². The monoisotopic (exact) mass is 1350 g/mol. The molecule has 2 unspecified atom stereocenters. The van der Waals surface area contributed by atoms with Gasteiger partial charge in [0.1, 0.15) is 4.90 Å². The van der Waals surface area contributed by atoms with E-state index < -0.39 is 69.4 Å². The molecule has 0 aliphatic carbocycles. The highest BCUT2D eigenvalue weighted by Crippen LogP contribution is 2.47. The van der Waals surface area contributed by atoms with Gasteiger partial charge in [-0.15, -0.1) is 11.8 Å². The summed E-state index contributed by atoms with van der Waals surface area (Å²) in [6, 6.07) is 55.2. The molecule has 2 atom stereocenters. The van der Waals surface area contributed by atoms with E-state index in [0.29, 0.717) is 49.5 Å². The zero-order valence-corrected chi connectivity index (χ0v) is 58.4. The van der Waals surface area contributed by atoms with Crippen molar-refractivity contribution in [2.24, 2.45) is 5.92 Å². The summed E-state index contributed by atoms with van der Waals surface area (Å²) in [5.41, 5.74) is -2.12. The number of alkyl halides is 3. The number of nitrogens with one attached hydrogen (secondary N) is 2. The lowest BCUT2D eigenvalue weighted by atomic mass is 9.84. The maximum Gasteiger partial charge on any atom is 0.501 e. The Labute approximate surface area is 548 Å². The van der Waals surface area contributed by atoms with Crippen molar-refractivity contribution in [2.75, 3.05) is 74.9 Å². The summed E-state index contributed by atoms with van der Waals surface area (Å²) in [6.07, 6.45) is 1.86. The number of hydrogen-bond donors (Lipinski definition) is 2. The highest BCUT2D eigenvalue weighted by molar-refractivity contribution is 7.99. The maximum atomic E-state index is 14.6. The third-order valence-corrected chi connectivity index (χ3v) is 31.9. The van der Waals surface area contributed by atoms with Gasteiger partial charge in [0.15, 0.2) is 8.32 Å². The fraction of sp³-hybridized carbons (Fsp3) is 0.386. The Balaban J connectivity index is 0.854. The highest BCUT2D eigenvalue weighted by Gasteiger charge is 2.51. The van der Waals surface area contributed by atoms with Crippen LogP contribution in [0.4, 0.5) is 24.5 Å². The highest BCUT2D eigenvalue weighted by atomic mass is 35.5. The normalized spacial score (nSPS) is 16.1. The number of carbonyl (C=O) groups is 1. The minimum absolute atomic E-state index is 0.0224. The van der Waals surface area contributed by atoms with Crippen LogP contribution in [0.5, 0.6) is 0 Å². The Kier molecular flexibility index (Phi) is 22.4. The molecule has 1 amide bonds. The van der Waals surface area contributed by atoms with Crippen molar-refractivity contribution >= 4 is 87.5 Å². The Morgan fingerprint density at radius 1 is 0.670 bits per heavy atom. The quantitative estimate of drug-likeness (QED) is 0.0440. The smallest absolute Gasteiger partial charge is 0.410 e. The number of hydrogen-bond acceptors (Lipinski definition) is 12. The van der Waals surface area contributed by atoms with E-state index in [2.05, 4.69) is 141 Å². The molecule has 0 radical (unpaired) electrons. The van der Waals surface area contributed by atoms with Crippen LogP contribution in [-0.4, -0.2) is 125 Å².